The molecule has 3 aromatic rings. The van der Waals surface area contributed by atoms with E-state index in [1.165, 1.54) is 12.1 Å². The minimum atomic E-state index is -0.536. The van der Waals surface area contributed by atoms with E-state index in [0.717, 1.165) is 10.9 Å². The molecule has 2 aromatic carbocycles. The van der Waals surface area contributed by atoms with Gasteiger partial charge in [0.15, 0.2) is 5.76 Å². The van der Waals surface area contributed by atoms with Crippen LogP contribution in [0.1, 0.15) is 32.9 Å². The average molecular weight is 415 g/mol. The third kappa shape index (κ3) is 3.72. The molecule has 7 heteroatoms. The maximum Gasteiger partial charge on any atom is 0.289 e. The largest absolute Gasteiger partial charge is 0.451 e. The zero-order valence-electron chi connectivity index (χ0n) is 16.0. The first-order valence-electron chi connectivity index (χ1n) is 9.47. The predicted octanol–water partition coefficient (Wildman–Crippen LogP) is 4.52. The Morgan fingerprint density at radius 1 is 1.00 bits per heavy atom. The van der Waals surface area contributed by atoms with Gasteiger partial charge in [-0.2, -0.15) is 0 Å². The van der Waals surface area contributed by atoms with Crippen molar-refractivity contribution in [2.75, 3.05) is 26.2 Å². The lowest BCUT2D eigenvalue weighted by Gasteiger charge is -2.22. The second kappa shape index (κ2) is 7.87. The van der Waals surface area contributed by atoms with Gasteiger partial charge in [-0.15, -0.1) is 0 Å². The van der Waals surface area contributed by atoms with Gasteiger partial charge in [0.25, 0.3) is 11.8 Å². The number of rotatable bonds is 2. The van der Waals surface area contributed by atoms with Crippen LogP contribution in [-0.4, -0.2) is 47.8 Å². The number of benzene rings is 2. The van der Waals surface area contributed by atoms with Crippen LogP contribution < -0.4 is 0 Å². The molecule has 150 valence electrons. The summed E-state index contributed by atoms with van der Waals surface area (Å²) in [6.45, 7) is 3.49. The SMILES string of the molecule is Cc1c(C(=O)N2CCCN(C(=O)c3ccccc3F)CC2)oc2ccc(Cl)cc12. The molecule has 1 fully saturated rings. The Bertz CT molecular complexity index is 1090. The first-order chi connectivity index (χ1) is 14.0. The molecule has 0 N–H and O–H groups in total. The minimum absolute atomic E-state index is 0.0530. The summed E-state index contributed by atoms with van der Waals surface area (Å²) in [4.78, 5) is 29.0. The van der Waals surface area contributed by atoms with Gasteiger partial charge < -0.3 is 14.2 Å². The molecule has 0 atom stereocenters. The number of carbonyl (C=O) groups excluding carboxylic acids is 2. The summed E-state index contributed by atoms with van der Waals surface area (Å²) in [5.74, 6) is -0.815. The van der Waals surface area contributed by atoms with Crippen molar-refractivity contribution in [3.05, 3.63) is 70.2 Å². The van der Waals surface area contributed by atoms with Gasteiger partial charge in [-0.3, -0.25) is 9.59 Å². The maximum atomic E-state index is 14.0. The van der Waals surface area contributed by atoms with Gasteiger partial charge in [-0.1, -0.05) is 23.7 Å². The highest BCUT2D eigenvalue weighted by molar-refractivity contribution is 6.31. The molecule has 0 spiro atoms. The van der Waals surface area contributed by atoms with E-state index >= 15 is 0 Å². The Hall–Kier alpha value is -2.86. The summed E-state index contributed by atoms with van der Waals surface area (Å²) in [7, 11) is 0. The van der Waals surface area contributed by atoms with Gasteiger partial charge in [0, 0.05) is 42.2 Å². The minimum Gasteiger partial charge on any atom is -0.451 e. The molecule has 0 bridgehead atoms. The Kier molecular flexibility index (Phi) is 5.28. The van der Waals surface area contributed by atoms with E-state index in [9.17, 15) is 14.0 Å². The van der Waals surface area contributed by atoms with Crippen molar-refractivity contribution < 1.29 is 18.4 Å². The first kappa shape index (κ1) is 19.5. The van der Waals surface area contributed by atoms with E-state index in [1.54, 1.807) is 40.1 Å². The maximum absolute atomic E-state index is 14.0. The number of nitrogens with zero attached hydrogens (tertiary/aromatic N) is 2. The number of halogens is 2. The highest BCUT2D eigenvalue weighted by atomic mass is 35.5. The van der Waals surface area contributed by atoms with Crippen LogP contribution in [0.2, 0.25) is 5.02 Å². The average Bonchev–Trinajstić information content (AvgIpc) is 2.89. The van der Waals surface area contributed by atoms with Crippen LogP contribution >= 0.6 is 11.6 Å². The van der Waals surface area contributed by atoms with Crippen LogP contribution in [0.25, 0.3) is 11.0 Å². The van der Waals surface area contributed by atoms with Gasteiger partial charge in [0.05, 0.1) is 5.56 Å². The van der Waals surface area contributed by atoms with E-state index in [4.69, 9.17) is 16.0 Å². The van der Waals surface area contributed by atoms with E-state index in [-0.39, 0.29) is 23.1 Å². The number of carbonyl (C=O) groups is 2. The van der Waals surface area contributed by atoms with E-state index in [2.05, 4.69) is 0 Å². The smallest absolute Gasteiger partial charge is 0.289 e. The van der Waals surface area contributed by atoms with E-state index in [1.807, 2.05) is 6.92 Å². The van der Waals surface area contributed by atoms with Gasteiger partial charge in [-0.25, -0.2) is 4.39 Å². The van der Waals surface area contributed by atoms with Crippen molar-refractivity contribution in [1.29, 1.82) is 0 Å². The number of amides is 2. The number of hydrogen-bond acceptors (Lipinski definition) is 3. The summed E-state index contributed by atoms with van der Waals surface area (Å²) in [5.41, 5.74) is 1.41. The van der Waals surface area contributed by atoms with Crippen LogP contribution in [0.3, 0.4) is 0 Å². The molecule has 0 saturated carbocycles. The van der Waals surface area contributed by atoms with Crippen molar-refractivity contribution in [2.45, 2.75) is 13.3 Å². The summed E-state index contributed by atoms with van der Waals surface area (Å²) < 4.78 is 19.8. The molecule has 4 rings (SSSR count). The monoisotopic (exact) mass is 414 g/mol. The molecular formula is C22H20ClFN2O3. The normalized spacial score (nSPS) is 14.9. The number of furan rings is 1. The Labute approximate surface area is 172 Å². The molecular weight excluding hydrogens is 395 g/mol. The molecule has 0 unspecified atom stereocenters. The molecule has 1 saturated heterocycles. The molecule has 1 aliphatic rings. The highest BCUT2D eigenvalue weighted by Gasteiger charge is 2.27. The van der Waals surface area contributed by atoms with Crippen molar-refractivity contribution in [2.24, 2.45) is 0 Å². The van der Waals surface area contributed by atoms with Crippen LogP contribution in [-0.2, 0) is 0 Å². The third-order valence-electron chi connectivity index (χ3n) is 5.27. The van der Waals surface area contributed by atoms with Gasteiger partial charge >= 0.3 is 0 Å². The van der Waals surface area contributed by atoms with E-state index < -0.39 is 5.82 Å². The third-order valence-corrected chi connectivity index (χ3v) is 5.50. The lowest BCUT2D eigenvalue weighted by Crippen LogP contribution is -2.37. The topological polar surface area (TPSA) is 53.8 Å². The summed E-state index contributed by atoms with van der Waals surface area (Å²) in [6.07, 6.45) is 0.608. The fourth-order valence-electron chi connectivity index (χ4n) is 3.67. The fourth-order valence-corrected chi connectivity index (χ4v) is 3.84. The second-order valence-electron chi connectivity index (χ2n) is 7.11. The Morgan fingerprint density at radius 3 is 2.41 bits per heavy atom. The molecule has 5 nitrogen and oxygen atoms in total. The Balaban J connectivity index is 1.51. The summed E-state index contributed by atoms with van der Waals surface area (Å²) >= 11 is 6.06. The molecule has 29 heavy (non-hydrogen) atoms. The number of aryl methyl sites for hydroxylation is 1. The van der Waals surface area contributed by atoms with Crippen molar-refractivity contribution >= 4 is 34.4 Å². The lowest BCUT2D eigenvalue weighted by atomic mass is 10.1. The zero-order valence-corrected chi connectivity index (χ0v) is 16.7. The number of fused-ring (bicyclic) bond motifs is 1. The van der Waals surface area contributed by atoms with Gasteiger partial charge in [0.1, 0.15) is 11.4 Å². The van der Waals surface area contributed by atoms with Gasteiger partial charge in [0.2, 0.25) is 0 Å². The van der Waals surface area contributed by atoms with Crippen LogP contribution in [0.5, 0.6) is 0 Å². The van der Waals surface area contributed by atoms with Crippen molar-refractivity contribution in [3.63, 3.8) is 0 Å². The molecule has 2 heterocycles. The number of hydrogen-bond donors (Lipinski definition) is 0. The molecule has 0 aliphatic carbocycles. The zero-order chi connectivity index (χ0) is 20.5. The second-order valence-corrected chi connectivity index (χ2v) is 7.55. The molecule has 2 amide bonds. The van der Waals surface area contributed by atoms with Crippen LogP contribution in [0, 0.1) is 12.7 Å². The van der Waals surface area contributed by atoms with Crippen LogP contribution in [0.4, 0.5) is 4.39 Å². The lowest BCUT2D eigenvalue weighted by molar-refractivity contribution is 0.0699. The summed E-state index contributed by atoms with van der Waals surface area (Å²) in [5, 5.41) is 1.39. The van der Waals surface area contributed by atoms with E-state index in [0.29, 0.717) is 43.2 Å². The highest BCUT2D eigenvalue weighted by Crippen LogP contribution is 2.29. The molecule has 1 aliphatic heterocycles. The quantitative estimate of drug-likeness (QED) is 0.619. The predicted molar refractivity (Wildman–Crippen MR) is 109 cm³/mol. The van der Waals surface area contributed by atoms with Crippen molar-refractivity contribution in [1.82, 2.24) is 9.80 Å². The van der Waals surface area contributed by atoms with Crippen LogP contribution in [0.15, 0.2) is 46.9 Å². The van der Waals surface area contributed by atoms with Crippen molar-refractivity contribution in [3.8, 4) is 0 Å². The standard InChI is InChI=1S/C22H20ClFN2O3/c1-14-17-13-15(23)7-8-19(17)29-20(14)22(28)26-10-4-9-25(11-12-26)21(27)16-5-2-3-6-18(16)24/h2-3,5-8,13H,4,9-12H2,1H3. The summed E-state index contributed by atoms with van der Waals surface area (Å²) in [6, 6.07) is 11.2. The van der Waals surface area contributed by atoms with Gasteiger partial charge in [-0.05, 0) is 43.7 Å². The molecule has 1 aromatic heterocycles. The first-order valence-corrected chi connectivity index (χ1v) is 9.85. The fraction of sp³-hybridized carbons (Fsp3) is 0.273. The Morgan fingerprint density at radius 2 is 1.69 bits per heavy atom. The molecule has 0 radical (unpaired) electrons.